The highest BCUT2D eigenvalue weighted by atomic mass is 79.9. The average molecular weight is 428 g/mol. The third kappa shape index (κ3) is 2.49. The van der Waals surface area contributed by atoms with Crippen LogP contribution >= 0.6 is 15.9 Å². The number of carbonyl (C=O) groups excluding carboxylic acids is 3. The Labute approximate surface area is 165 Å². The number of nitrogens with one attached hydrogen (secondary N) is 1. The lowest BCUT2D eigenvalue weighted by molar-refractivity contribution is -0.128. The Hall–Kier alpha value is -2.67. The van der Waals surface area contributed by atoms with Gasteiger partial charge in [0.2, 0.25) is 11.6 Å². The first-order chi connectivity index (χ1) is 12.9. The van der Waals surface area contributed by atoms with Crippen LogP contribution in [0.4, 0.5) is 11.4 Å². The molecule has 1 fully saturated rings. The quantitative estimate of drug-likeness (QED) is 0.798. The Morgan fingerprint density at radius 1 is 1.19 bits per heavy atom. The molecule has 2 aromatic rings. The average Bonchev–Trinajstić information content (AvgIpc) is 3.01. The number of rotatable bonds is 2. The van der Waals surface area contributed by atoms with Crippen molar-refractivity contribution >= 4 is 45.0 Å². The fourth-order valence-corrected chi connectivity index (χ4v) is 4.46. The first-order valence-corrected chi connectivity index (χ1v) is 9.43. The van der Waals surface area contributed by atoms with Gasteiger partial charge < -0.3 is 10.2 Å². The van der Waals surface area contributed by atoms with E-state index in [0.29, 0.717) is 16.9 Å². The zero-order valence-electron chi connectivity index (χ0n) is 15.0. The molecular weight excluding hydrogens is 410 g/mol. The number of carbonyl (C=O) groups is 3. The summed E-state index contributed by atoms with van der Waals surface area (Å²) in [5.41, 5.74) is 1.19. The highest BCUT2D eigenvalue weighted by Gasteiger charge is 2.59. The summed E-state index contributed by atoms with van der Waals surface area (Å²) in [5, 5.41) is 2.90. The van der Waals surface area contributed by atoms with Crippen molar-refractivity contribution in [1.82, 2.24) is 4.90 Å². The predicted molar refractivity (Wildman–Crippen MR) is 105 cm³/mol. The summed E-state index contributed by atoms with van der Waals surface area (Å²) in [4.78, 5) is 41.9. The third-order valence-electron chi connectivity index (χ3n) is 5.28. The molecule has 138 valence electrons. The van der Waals surface area contributed by atoms with Crippen LogP contribution in [0.2, 0.25) is 0 Å². The van der Waals surface area contributed by atoms with E-state index in [9.17, 15) is 14.4 Å². The molecule has 0 aliphatic carbocycles. The van der Waals surface area contributed by atoms with Crippen molar-refractivity contribution in [2.24, 2.45) is 0 Å². The van der Waals surface area contributed by atoms with Crippen LogP contribution in [0.5, 0.6) is 0 Å². The normalized spacial score (nSPS) is 21.1. The number of aryl methyl sites for hydroxylation is 1. The summed E-state index contributed by atoms with van der Waals surface area (Å²) in [5.74, 6) is -0.835. The summed E-state index contributed by atoms with van der Waals surface area (Å²) in [7, 11) is 1.58. The van der Waals surface area contributed by atoms with Crippen molar-refractivity contribution in [3.8, 4) is 0 Å². The Kier molecular flexibility index (Phi) is 4.07. The van der Waals surface area contributed by atoms with Crippen LogP contribution in [0.25, 0.3) is 0 Å². The summed E-state index contributed by atoms with van der Waals surface area (Å²) in [6.45, 7) is 1.96. The first kappa shape index (κ1) is 17.7. The summed E-state index contributed by atoms with van der Waals surface area (Å²) >= 11 is 3.46. The van der Waals surface area contributed by atoms with Crippen molar-refractivity contribution < 1.29 is 14.4 Å². The molecule has 0 radical (unpaired) electrons. The van der Waals surface area contributed by atoms with Crippen LogP contribution in [0.15, 0.2) is 46.9 Å². The molecule has 1 N–H and O–H groups in total. The van der Waals surface area contributed by atoms with Gasteiger partial charge in [0.25, 0.3) is 11.8 Å². The molecule has 3 amide bonds. The van der Waals surface area contributed by atoms with Gasteiger partial charge in [-0.3, -0.25) is 19.3 Å². The fraction of sp³-hybridized carbons (Fsp3) is 0.250. The largest absolute Gasteiger partial charge is 0.321 e. The van der Waals surface area contributed by atoms with E-state index in [1.165, 1.54) is 9.80 Å². The van der Waals surface area contributed by atoms with Crippen LogP contribution in [0.1, 0.15) is 28.8 Å². The second-order valence-corrected chi connectivity index (χ2v) is 7.72. The Bertz CT molecular complexity index is 990. The second kappa shape index (κ2) is 6.20. The number of benzene rings is 2. The van der Waals surface area contributed by atoms with Gasteiger partial charge in [0, 0.05) is 24.4 Å². The zero-order valence-corrected chi connectivity index (χ0v) is 16.5. The third-order valence-corrected chi connectivity index (χ3v) is 5.93. The van der Waals surface area contributed by atoms with Crippen LogP contribution in [-0.4, -0.2) is 35.3 Å². The summed E-state index contributed by atoms with van der Waals surface area (Å²) in [6, 6.07) is 12.5. The Morgan fingerprint density at radius 2 is 1.93 bits per heavy atom. The molecule has 2 aromatic carbocycles. The number of hydrogen-bond acceptors (Lipinski definition) is 3. The van der Waals surface area contributed by atoms with Crippen LogP contribution in [-0.2, 0) is 9.59 Å². The number of likely N-dealkylation sites (N-methyl/N-ethyl adjacent to an activating group) is 1. The molecule has 2 aliphatic rings. The molecule has 27 heavy (non-hydrogen) atoms. The van der Waals surface area contributed by atoms with E-state index in [2.05, 4.69) is 21.2 Å². The van der Waals surface area contributed by atoms with Gasteiger partial charge in [0.15, 0.2) is 0 Å². The van der Waals surface area contributed by atoms with Crippen molar-refractivity contribution in [2.75, 3.05) is 17.3 Å². The number of amides is 3. The first-order valence-electron chi connectivity index (χ1n) is 8.64. The minimum atomic E-state index is -1.37. The monoisotopic (exact) mass is 427 g/mol. The molecule has 4 rings (SSSR count). The van der Waals surface area contributed by atoms with Crippen LogP contribution < -0.4 is 10.2 Å². The lowest BCUT2D eigenvalue weighted by Crippen LogP contribution is -2.68. The maximum Gasteiger partial charge on any atom is 0.271 e. The molecule has 2 aliphatic heterocycles. The van der Waals surface area contributed by atoms with Gasteiger partial charge in [0.1, 0.15) is 0 Å². The van der Waals surface area contributed by atoms with Gasteiger partial charge in [-0.1, -0.05) is 18.2 Å². The maximum absolute atomic E-state index is 13.4. The van der Waals surface area contributed by atoms with Gasteiger partial charge in [-0.15, -0.1) is 0 Å². The molecular formula is C20H18BrN3O3. The van der Waals surface area contributed by atoms with Crippen LogP contribution in [0, 0.1) is 6.92 Å². The molecule has 2 heterocycles. The van der Waals surface area contributed by atoms with Crippen molar-refractivity contribution in [1.29, 1.82) is 0 Å². The number of fused-ring (bicyclic) bond motifs is 3. The fourth-order valence-electron chi connectivity index (χ4n) is 3.87. The van der Waals surface area contributed by atoms with Gasteiger partial charge in [-0.2, -0.15) is 0 Å². The molecule has 0 aromatic heterocycles. The van der Waals surface area contributed by atoms with E-state index < -0.39 is 11.6 Å². The topological polar surface area (TPSA) is 69.7 Å². The number of para-hydroxylation sites is 1. The molecule has 1 atom stereocenters. The standard InChI is InChI=1S/C20H18BrN3O3/c1-12-7-8-15(14(21)11-12)22-19(27)20-10-9-17(25)24(20)16-6-4-3-5-13(16)18(26)23(20)2/h3-8,11H,9-10H2,1-2H3,(H,22,27)/t20-/m1/s1. The Morgan fingerprint density at radius 3 is 2.67 bits per heavy atom. The highest BCUT2D eigenvalue weighted by Crippen LogP contribution is 2.44. The van der Waals surface area contributed by atoms with Crippen LogP contribution in [0.3, 0.4) is 0 Å². The van der Waals surface area contributed by atoms with Gasteiger partial charge in [0.05, 0.1) is 16.9 Å². The van der Waals surface area contributed by atoms with E-state index in [1.807, 2.05) is 19.1 Å². The summed E-state index contributed by atoms with van der Waals surface area (Å²) in [6.07, 6.45) is 0.451. The molecule has 0 saturated carbocycles. The number of nitrogens with zero attached hydrogens (tertiary/aromatic N) is 2. The number of hydrogen-bond donors (Lipinski definition) is 1. The van der Waals surface area contributed by atoms with E-state index in [-0.39, 0.29) is 24.7 Å². The zero-order chi connectivity index (χ0) is 19.3. The van der Waals surface area contributed by atoms with Crippen molar-refractivity contribution in [3.63, 3.8) is 0 Å². The van der Waals surface area contributed by atoms with E-state index >= 15 is 0 Å². The summed E-state index contributed by atoms with van der Waals surface area (Å²) < 4.78 is 0.744. The predicted octanol–water partition coefficient (Wildman–Crippen LogP) is 3.30. The van der Waals surface area contributed by atoms with E-state index in [4.69, 9.17) is 0 Å². The molecule has 0 bridgehead atoms. The SMILES string of the molecule is Cc1ccc(NC(=O)[C@@]23CCC(=O)N2c2ccccc2C(=O)N3C)c(Br)c1. The van der Waals surface area contributed by atoms with Gasteiger partial charge in [-0.05, 0) is 52.7 Å². The lowest BCUT2D eigenvalue weighted by atomic mass is 9.96. The van der Waals surface area contributed by atoms with E-state index in [1.54, 1.807) is 37.4 Å². The number of anilines is 2. The molecule has 1 saturated heterocycles. The second-order valence-electron chi connectivity index (χ2n) is 6.86. The molecule has 0 spiro atoms. The number of halogens is 1. The van der Waals surface area contributed by atoms with Crippen molar-refractivity contribution in [3.05, 3.63) is 58.1 Å². The lowest BCUT2D eigenvalue weighted by Gasteiger charge is -2.47. The minimum Gasteiger partial charge on any atom is -0.321 e. The molecule has 0 unspecified atom stereocenters. The minimum absolute atomic E-state index is 0.167. The Balaban J connectivity index is 1.81. The maximum atomic E-state index is 13.4. The van der Waals surface area contributed by atoms with Gasteiger partial charge >= 0.3 is 0 Å². The highest BCUT2D eigenvalue weighted by molar-refractivity contribution is 9.10. The molecule has 7 heteroatoms. The van der Waals surface area contributed by atoms with Gasteiger partial charge in [-0.25, -0.2) is 0 Å². The van der Waals surface area contributed by atoms with Crippen molar-refractivity contribution in [2.45, 2.75) is 25.4 Å². The molecule has 6 nitrogen and oxygen atoms in total. The van der Waals surface area contributed by atoms with E-state index in [0.717, 1.165) is 10.0 Å². The smallest absolute Gasteiger partial charge is 0.271 e.